The fraction of sp³-hybridized carbons (Fsp3) is 0.273. The van der Waals surface area contributed by atoms with E-state index in [1.165, 1.54) is 13.0 Å². The standard InChI is InChI=1S/C11H8BrF2IO7S/c1-5(12)9(16)21-6-2-3-8(7(15)4-6)22-10(17)11(13,14)23(18,19)20/h2-5H,1H3,(H,18,19,20)/p-1. The van der Waals surface area contributed by atoms with Gasteiger partial charge in [0.1, 0.15) is 16.3 Å². The van der Waals surface area contributed by atoms with Crippen LogP contribution in [0.2, 0.25) is 0 Å². The summed E-state index contributed by atoms with van der Waals surface area (Å²) in [5, 5.41) is -5.22. The second-order valence-corrected chi connectivity index (χ2v) is 7.95. The number of hydrogen-bond acceptors (Lipinski definition) is 7. The van der Waals surface area contributed by atoms with Crippen molar-refractivity contribution in [3.63, 3.8) is 0 Å². The maximum atomic E-state index is 13.0. The quantitative estimate of drug-likeness (QED) is 0.189. The maximum Gasteiger partial charge on any atom is 0.429 e. The monoisotopic (exact) mass is 527 g/mol. The van der Waals surface area contributed by atoms with Crippen LogP contribution in [0.1, 0.15) is 6.92 Å². The average molecular weight is 528 g/mol. The first-order valence-corrected chi connectivity index (χ1v) is 8.97. The number of rotatable bonds is 5. The Morgan fingerprint density at radius 2 is 1.91 bits per heavy atom. The van der Waals surface area contributed by atoms with Gasteiger partial charge < -0.3 is 14.0 Å². The Hall–Kier alpha value is -0.860. The van der Waals surface area contributed by atoms with E-state index in [1.807, 2.05) is 0 Å². The molecular weight excluding hydrogens is 521 g/mol. The highest BCUT2D eigenvalue weighted by molar-refractivity contribution is 14.1. The first kappa shape index (κ1) is 20.2. The predicted molar refractivity (Wildman–Crippen MR) is 83.5 cm³/mol. The molecule has 0 saturated heterocycles. The summed E-state index contributed by atoms with van der Waals surface area (Å²) < 4.78 is 66.3. The van der Waals surface area contributed by atoms with Gasteiger partial charge >= 0.3 is 17.2 Å². The van der Waals surface area contributed by atoms with E-state index in [0.717, 1.165) is 12.1 Å². The largest absolute Gasteiger partial charge is 0.743 e. The summed E-state index contributed by atoms with van der Waals surface area (Å²) in [6, 6.07) is 3.34. The average Bonchev–Trinajstić information content (AvgIpc) is 2.40. The van der Waals surface area contributed by atoms with Crippen molar-refractivity contribution in [3.8, 4) is 11.5 Å². The van der Waals surface area contributed by atoms with Crippen molar-refractivity contribution in [3.05, 3.63) is 21.8 Å². The SMILES string of the molecule is CC(Br)C(=O)Oc1ccc(OC(=O)C(F)(F)S(=O)(=O)[O-])c(I)c1. The van der Waals surface area contributed by atoms with Crippen molar-refractivity contribution < 1.29 is 40.8 Å². The molecule has 0 bridgehead atoms. The van der Waals surface area contributed by atoms with Crippen LogP contribution < -0.4 is 9.47 Å². The van der Waals surface area contributed by atoms with Crippen LogP contribution in [0.5, 0.6) is 11.5 Å². The fourth-order valence-corrected chi connectivity index (χ4v) is 2.02. The van der Waals surface area contributed by atoms with Gasteiger partial charge in [0.15, 0.2) is 10.1 Å². The van der Waals surface area contributed by atoms with Gasteiger partial charge in [0.05, 0.1) is 3.57 Å². The molecule has 0 aliphatic heterocycles. The van der Waals surface area contributed by atoms with E-state index < -0.39 is 37.9 Å². The molecule has 0 aliphatic carbocycles. The number of carbonyl (C=O) groups excluding carboxylic acids is 2. The molecule has 1 aromatic rings. The third kappa shape index (κ3) is 5.06. The molecule has 0 aromatic heterocycles. The molecule has 23 heavy (non-hydrogen) atoms. The Balaban J connectivity index is 2.96. The van der Waals surface area contributed by atoms with Crippen LogP contribution in [-0.4, -0.2) is 35.0 Å². The molecule has 1 aromatic carbocycles. The molecule has 1 rings (SSSR count). The second kappa shape index (κ2) is 7.36. The van der Waals surface area contributed by atoms with Gasteiger partial charge in [0, 0.05) is 0 Å². The van der Waals surface area contributed by atoms with Crippen LogP contribution >= 0.6 is 38.5 Å². The molecule has 0 heterocycles. The molecule has 0 spiro atoms. The third-order valence-corrected chi connectivity index (χ3v) is 4.21. The van der Waals surface area contributed by atoms with Crippen LogP contribution in [-0.2, 0) is 19.7 Å². The van der Waals surface area contributed by atoms with Crippen molar-refractivity contribution in [2.24, 2.45) is 0 Å². The molecule has 7 nitrogen and oxygen atoms in total. The Bertz CT molecular complexity index is 736. The van der Waals surface area contributed by atoms with Crippen molar-refractivity contribution in [1.82, 2.24) is 0 Å². The first-order chi connectivity index (χ1) is 10.4. The summed E-state index contributed by atoms with van der Waals surface area (Å²) in [6.07, 6.45) is 0. The number of alkyl halides is 3. The number of carbonyl (C=O) groups is 2. The van der Waals surface area contributed by atoms with E-state index in [1.54, 1.807) is 22.6 Å². The minimum absolute atomic E-state index is 0.0497. The van der Waals surface area contributed by atoms with Gasteiger partial charge in [-0.1, -0.05) is 15.9 Å². The molecule has 0 fully saturated rings. The predicted octanol–water partition coefficient (Wildman–Crippen LogP) is 2.02. The molecule has 0 saturated carbocycles. The minimum atomic E-state index is -6.20. The number of esters is 2. The molecule has 0 N–H and O–H groups in total. The summed E-state index contributed by atoms with van der Waals surface area (Å²) in [6.45, 7) is 1.52. The van der Waals surface area contributed by atoms with E-state index >= 15 is 0 Å². The zero-order valence-electron chi connectivity index (χ0n) is 11.1. The minimum Gasteiger partial charge on any atom is -0.743 e. The van der Waals surface area contributed by atoms with Gasteiger partial charge in [-0.25, -0.2) is 13.2 Å². The van der Waals surface area contributed by atoms with Crippen molar-refractivity contribution in [2.75, 3.05) is 0 Å². The zero-order valence-corrected chi connectivity index (χ0v) is 15.6. The molecule has 128 valence electrons. The summed E-state index contributed by atoms with van der Waals surface area (Å²) in [5.41, 5.74) is 0. The molecule has 12 heteroatoms. The van der Waals surface area contributed by atoms with Crippen LogP contribution in [0, 0.1) is 3.57 Å². The lowest BCUT2D eigenvalue weighted by molar-refractivity contribution is -0.151. The Morgan fingerprint density at radius 1 is 1.35 bits per heavy atom. The fourth-order valence-electron chi connectivity index (χ4n) is 1.09. The Morgan fingerprint density at radius 3 is 2.35 bits per heavy atom. The van der Waals surface area contributed by atoms with Gasteiger partial charge in [0.2, 0.25) is 0 Å². The molecule has 1 unspecified atom stereocenters. The van der Waals surface area contributed by atoms with Crippen molar-refractivity contribution in [2.45, 2.75) is 17.0 Å². The lowest BCUT2D eigenvalue weighted by atomic mass is 10.3. The second-order valence-electron chi connectivity index (χ2n) is 3.99. The summed E-state index contributed by atoms with van der Waals surface area (Å²) in [7, 11) is -6.20. The normalized spacial score (nSPS) is 13.3. The van der Waals surface area contributed by atoms with E-state index in [2.05, 4.69) is 20.7 Å². The third-order valence-electron chi connectivity index (χ3n) is 2.20. The highest BCUT2D eigenvalue weighted by Gasteiger charge is 2.49. The Kier molecular flexibility index (Phi) is 6.46. The first-order valence-electron chi connectivity index (χ1n) is 5.57. The summed E-state index contributed by atoms with van der Waals surface area (Å²) >= 11 is 4.57. The molecule has 0 aliphatic rings. The maximum absolute atomic E-state index is 13.0. The van der Waals surface area contributed by atoms with E-state index in [0.29, 0.717) is 0 Å². The highest BCUT2D eigenvalue weighted by Crippen LogP contribution is 2.29. The van der Waals surface area contributed by atoms with E-state index in [4.69, 9.17) is 4.74 Å². The van der Waals surface area contributed by atoms with Crippen LogP contribution in [0.3, 0.4) is 0 Å². The number of benzene rings is 1. The van der Waals surface area contributed by atoms with Gasteiger partial charge in [-0.15, -0.1) is 0 Å². The lowest BCUT2D eigenvalue weighted by Gasteiger charge is -2.18. The van der Waals surface area contributed by atoms with Crippen LogP contribution in [0.15, 0.2) is 18.2 Å². The van der Waals surface area contributed by atoms with Gasteiger partial charge in [-0.2, -0.15) is 8.78 Å². The highest BCUT2D eigenvalue weighted by atomic mass is 127. The number of hydrogen-bond donors (Lipinski definition) is 0. The van der Waals surface area contributed by atoms with Gasteiger partial charge in [0.25, 0.3) is 0 Å². The molecule has 0 amide bonds. The van der Waals surface area contributed by atoms with E-state index in [9.17, 15) is 31.3 Å². The van der Waals surface area contributed by atoms with Crippen LogP contribution in [0.4, 0.5) is 8.78 Å². The van der Waals surface area contributed by atoms with E-state index in [-0.39, 0.29) is 9.32 Å². The van der Waals surface area contributed by atoms with Crippen molar-refractivity contribution >= 4 is 60.6 Å². The van der Waals surface area contributed by atoms with Crippen LogP contribution in [0.25, 0.3) is 0 Å². The number of ether oxygens (including phenoxy) is 2. The molecule has 1 atom stereocenters. The summed E-state index contributed by atoms with van der Waals surface area (Å²) in [4.78, 5) is 21.9. The number of halogens is 4. The summed E-state index contributed by atoms with van der Waals surface area (Å²) in [5.74, 6) is -3.52. The van der Waals surface area contributed by atoms with Crippen molar-refractivity contribution in [1.29, 1.82) is 0 Å². The topological polar surface area (TPSA) is 110 Å². The molecular formula is C11H7BrF2IO7S-. The van der Waals surface area contributed by atoms with Gasteiger partial charge in [-0.3, -0.25) is 4.79 Å². The Labute approximate surface area is 151 Å². The lowest BCUT2D eigenvalue weighted by Crippen LogP contribution is -2.40. The van der Waals surface area contributed by atoms with Gasteiger partial charge in [-0.05, 0) is 47.7 Å². The smallest absolute Gasteiger partial charge is 0.429 e. The molecule has 0 radical (unpaired) electrons. The zero-order chi connectivity index (χ0) is 18.0.